The van der Waals surface area contributed by atoms with E-state index in [-0.39, 0.29) is 23.8 Å². The lowest BCUT2D eigenvalue weighted by atomic mass is 10.1. The Kier molecular flexibility index (Phi) is 5.97. The van der Waals surface area contributed by atoms with Gasteiger partial charge in [-0.25, -0.2) is 9.97 Å². The molecule has 2 amide bonds. The van der Waals surface area contributed by atoms with Gasteiger partial charge in [-0.3, -0.25) is 14.3 Å². The van der Waals surface area contributed by atoms with E-state index < -0.39 is 12.0 Å². The smallest absolute Gasteiger partial charge is 0.276 e. The fourth-order valence-corrected chi connectivity index (χ4v) is 3.98. The maximum absolute atomic E-state index is 13.0. The van der Waals surface area contributed by atoms with E-state index in [2.05, 4.69) is 25.7 Å². The molecule has 1 aliphatic carbocycles. The number of rotatable bonds is 7. The van der Waals surface area contributed by atoms with Crippen molar-refractivity contribution in [2.75, 3.05) is 30.3 Å². The highest BCUT2D eigenvalue weighted by atomic mass is 16.3. The number of hydrogen-bond donors (Lipinski definition) is 3. The number of amides is 2. The summed E-state index contributed by atoms with van der Waals surface area (Å²) in [5.74, 6) is 0.755. The summed E-state index contributed by atoms with van der Waals surface area (Å²) in [6.45, 7) is 1.63. The Labute approximate surface area is 197 Å². The molecule has 0 spiro atoms. The molecule has 10 nitrogen and oxygen atoms in total. The summed E-state index contributed by atoms with van der Waals surface area (Å²) in [5, 5.41) is 20.1. The molecule has 176 valence electrons. The second kappa shape index (κ2) is 9.22. The Balaban J connectivity index is 1.32. The van der Waals surface area contributed by atoms with Gasteiger partial charge in [0.25, 0.3) is 11.8 Å². The van der Waals surface area contributed by atoms with E-state index in [1.54, 1.807) is 36.5 Å². The summed E-state index contributed by atoms with van der Waals surface area (Å²) in [6, 6.07) is 9.02. The SMILES string of the molecule is Cn1cc(NC(=O)c2cccc(-c3ccnc(NCC4CC4)c3)n2)c(C(=O)N2CCC(O)C2)n1. The Hall–Kier alpha value is -3.79. The van der Waals surface area contributed by atoms with Crippen molar-refractivity contribution in [2.24, 2.45) is 13.0 Å². The van der Waals surface area contributed by atoms with Crippen LogP contribution in [0.25, 0.3) is 11.3 Å². The third kappa shape index (κ3) is 4.91. The van der Waals surface area contributed by atoms with Crippen LogP contribution in [0.15, 0.2) is 42.7 Å². The average Bonchev–Trinajstić information content (AvgIpc) is 3.47. The van der Waals surface area contributed by atoms with Crippen LogP contribution in [-0.4, -0.2) is 67.3 Å². The molecule has 0 aromatic carbocycles. The van der Waals surface area contributed by atoms with Crippen molar-refractivity contribution in [1.82, 2.24) is 24.6 Å². The number of nitrogens with zero attached hydrogens (tertiary/aromatic N) is 5. The topological polar surface area (TPSA) is 125 Å². The van der Waals surface area contributed by atoms with Crippen LogP contribution in [0.1, 0.15) is 40.2 Å². The number of carbonyl (C=O) groups excluding carboxylic acids is 2. The zero-order chi connectivity index (χ0) is 23.7. The van der Waals surface area contributed by atoms with E-state index in [0.717, 1.165) is 23.8 Å². The predicted octanol–water partition coefficient (Wildman–Crippen LogP) is 2.16. The monoisotopic (exact) mass is 461 g/mol. The van der Waals surface area contributed by atoms with Gasteiger partial charge in [-0.2, -0.15) is 5.10 Å². The number of aliphatic hydroxyl groups excluding tert-OH is 1. The number of anilines is 2. The van der Waals surface area contributed by atoms with Gasteiger partial charge in [0.05, 0.1) is 17.5 Å². The van der Waals surface area contributed by atoms with Crippen molar-refractivity contribution in [2.45, 2.75) is 25.4 Å². The van der Waals surface area contributed by atoms with E-state index in [0.29, 0.717) is 24.3 Å². The highest BCUT2D eigenvalue weighted by molar-refractivity contribution is 6.07. The number of hydrogen-bond acceptors (Lipinski definition) is 7. The zero-order valence-corrected chi connectivity index (χ0v) is 18.9. The molecule has 1 unspecified atom stereocenters. The number of nitrogens with one attached hydrogen (secondary N) is 2. The quantitative estimate of drug-likeness (QED) is 0.492. The minimum absolute atomic E-state index is 0.140. The summed E-state index contributed by atoms with van der Waals surface area (Å²) in [7, 11) is 1.68. The summed E-state index contributed by atoms with van der Waals surface area (Å²) in [4.78, 5) is 36.3. The second-order valence-corrected chi connectivity index (χ2v) is 8.87. The van der Waals surface area contributed by atoms with Crippen LogP contribution in [0.5, 0.6) is 0 Å². The van der Waals surface area contributed by atoms with Crippen LogP contribution in [0.2, 0.25) is 0 Å². The molecule has 3 N–H and O–H groups in total. The van der Waals surface area contributed by atoms with Crippen molar-refractivity contribution in [1.29, 1.82) is 0 Å². The highest BCUT2D eigenvalue weighted by Crippen LogP contribution is 2.29. The molecule has 4 heterocycles. The molecule has 0 bridgehead atoms. The van der Waals surface area contributed by atoms with E-state index in [9.17, 15) is 14.7 Å². The van der Waals surface area contributed by atoms with Gasteiger partial charge in [0.2, 0.25) is 0 Å². The number of aryl methyl sites for hydroxylation is 1. The Morgan fingerprint density at radius 2 is 2.06 bits per heavy atom. The molecular weight excluding hydrogens is 434 g/mol. The van der Waals surface area contributed by atoms with Crippen LogP contribution in [0, 0.1) is 5.92 Å². The first-order chi connectivity index (χ1) is 16.5. The molecule has 3 aromatic heterocycles. The minimum Gasteiger partial charge on any atom is -0.391 e. The highest BCUT2D eigenvalue weighted by Gasteiger charge is 2.29. The number of aliphatic hydroxyl groups is 1. The predicted molar refractivity (Wildman–Crippen MR) is 126 cm³/mol. The summed E-state index contributed by atoms with van der Waals surface area (Å²) >= 11 is 0. The summed E-state index contributed by atoms with van der Waals surface area (Å²) < 4.78 is 1.48. The van der Waals surface area contributed by atoms with Crippen molar-refractivity contribution in [3.05, 3.63) is 54.1 Å². The lowest BCUT2D eigenvalue weighted by Gasteiger charge is -2.15. The van der Waals surface area contributed by atoms with Gasteiger partial charge in [0, 0.05) is 44.6 Å². The fraction of sp³-hybridized carbons (Fsp3) is 0.375. The van der Waals surface area contributed by atoms with Crippen LogP contribution in [-0.2, 0) is 7.05 Å². The van der Waals surface area contributed by atoms with Gasteiger partial charge in [-0.05, 0) is 49.4 Å². The van der Waals surface area contributed by atoms with Gasteiger partial charge in [-0.15, -0.1) is 0 Å². The number of aromatic nitrogens is 4. The molecule has 1 saturated heterocycles. The lowest BCUT2D eigenvalue weighted by Crippen LogP contribution is -2.30. The first-order valence-electron chi connectivity index (χ1n) is 11.5. The Bertz CT molecular complexity index is 1220. The molecule has 34 heavy (non-hydrogen) atoms. The van der Waals surface area contributed by atoms with Gasteiger partial charge in [-0.1, -0.05) is 6.07 Å². The molecule has 0 radical (unpaired) electrons. The molecular formula is C24H27N7O3. The van der Waals surface area contributed by atoms with Crippen molar-refractivity contribution >= 4 is 23.3 Å². The molecule has 2 fully saturated rings. The van der Waals surface area contributed by atoms with Gasteiger partial charge >= 0.3 is 0 Å². The van der Waals surface area contributed by atoms with Crippen molar-refractivity contribution < 1.29 is 14.7 Å². The molecule has 10 heteroatoms. The first-order valence-corrected chi connectivity index (χ1v) is 11.5. The number of β-amino-alcohol motifs (C(OH)–C–C–N with tert-alkyl or cyclic N) is 1. The maximum Gasteiger partial charge on any atom is 0.276 e. The molecule has 5 rings (SSSR count). The van der Waals surface area contributed by atoms with E-state index in [1.807, 2.05) is 18.2 Å². The lowest BCUT2D eigenvalue weighted by molar-refractivity contribution is 0.0759. The average molecular weight is 462 g/mol. The minimum atomic E-state index is -0.532. The Morgan fingerprint density at radius 1 is 1.21 bits per heavy atom. The Morgan fingerprint density at radius 3 is 2.82 bits per heavy atom. The normalized spacial score (nSPS) is 17.6. The van der Waals surface area contributed by atoms with Crippen LogP contribution >= 0.6 is 0 Å². The molecule has 2 aliphatic rings. The molecule has 1 atom stereocenters. The third-order valence-corrected chi connectivity index (χ3v) is 6.04. The largest absolute Gasteiger partial charge is 0.391 e. The number of pyridine rings is 2. The number of likely N-dealkylation sites (tertiary alicyclic amines) is 1. The van der Waals surface area contributed by atoms with Gasteiger partial charge in [0.1, 0.15) is 11.5 Å². The van der Waals surface area contributed by atoms with Crippen molar-refractivity contribution in [3.8, 4) is 11.3 Å². The van der Waals surface area contributed by atoms with Gasteiger partial charge < -0.3 is 20.6 Å². The maximum atomic E-state index is 13.0. The summed E-state index contributed by atoms with van der Waals surface area (Å²) in [5.41, 5.74) is 2.18. The van der Waals surface area contributed by atoms with Crippen LogP contribution in [0.4, 0.5) is 11.5 Å². The first kappa shape index (κ1) is 22.0. The molecule has 1 aliphatic heterocycles. The standard InChI is InChI=1S/C24H27N7O3/c1-30-14-20(22(29-30)24(34)31-10-8-17(32)13-31)28-23(33)19-4-2-3-18(27-19)16-7-9-25-21(11-16)26-12-15-5-6-15/h2-4,7,9,11,14-15,17,32H,5-6,8,10,12-13H2,1H3,(H,25,26)(H,28,33). The molecule has 1 saturated carbocycles. The van der Waals surface area contributed by atoms with E-state index in [1.165, 1.54) is 17.5 Å². The van der Waals surface area contributed by atoms with Crippen LogP contribution in [0.3, 0.4) is 0 Å². The van der Waals surface area contributed by atoms with E-state index >= 15 is 0 Å². The van der Waals surface area contributed by atoms with E-state index in [4.69, 9.17) is 0 Å². The third-order valence-electron chi connectivity index (χ3n) is 6.04. The summed E-state index contributed by atoms with van der Waals surface area (Å²) in [6.07, 6.45) is 5.83. The van der Waals surface area contributed by atoms with Crippen LogP contribution < -0.4 is 10.6 Å². The molecule has 3 aromatic rings. The second-order valence-electron chi connectivity index (χ2n) is 8.87. The fourth-order valence-electron chi connectivity index (χ4n) is 3.98. The zero-order valence-electron chi connectivity index (χ0n) is 18.9. The van der Waals surface area contributed by atoms with Crippen molar-refractivity contribution in [3.63, 3.8) is 0 Å². The van der Waals surface area contributed by atoms with Gasteiger partial charge in [0.15, 0.2) is 5.69 Å². The number of carbonyl (C=O) groups is 2.